The standard InChI is InChI=1S/C21H31N5O/c1-3-8-24-11-13-25(14-12-24)20(27)17-6-9-26(10-7-17)21-22-18-5-4-16(2)15-19(18)23-21/h4-5,15,17H,3,6-14H2,1-2H3,(H,22,23). The maximum atomic E-state index is 12.9. The molecule has 2 aliphatic rings. The number of piperidine rings is 1. The molecular formula is C21H31N5O. The predicted octanol–water partition coefficient (Wildman–Crippen LogP) is 2.64. The van der Waals surface area contributed by atoms with Gasteiger partial charge in [-0.2, -0.15) is 0 Å². The Bertz CT molecular complexity index is 785. The van der Waals surface area contributed by atoms with E-state index >= 15 is 0 Å². The van der Waals surface area contributed by atoms with E-state index in [0.717, 1.165) is 75.6 Å². The summed E-state index contributed by atoms with van der Waals surface area (Å²) in [5.41, 5.74) is 3.34. The molecular weight excluding hydrogens is 338 g/mol. The monoisotopic (exact) mass is 369 g/mol. The molecule has 0 atom stereocenters. The number of nitrogens with zero attached hydrogens (tertiary/aromatic N) is 4. The number of benzene rings is 1. The molecule has 2 saturated heterocycles. The first-order valence-electron chi connectivity index (χ1n) is 10.4. The summed E-state index contributed by atoms with van der Waals surface area (Å²) in [4.78, 5) is 27.9. The maximum Gasteiger partial charge on any atom is 0.225 e. The van der Waals surface area contributed by atoms with Crippen LogP contribution in [0.2, 0.25) is 0 Å². The average molecular weight is 370 g/mol. The lowest BCUT2D eigenvalue weighted by atomic mass is 9.95. The maximum absolute atomic E-state index is 12.9. The summed E-state index contributed by atoms with van der Waals surface area (Å²) >= 11 is 0. The second kappa shape index (κ2) is 7.89. The molecule has 0 spiro atoms. The summed E-state index contributed by atoms with van der Waals surface area (Å²) in [6.45, 7) is 11.1. The van der Waals surface area contributed by atoms with Crippen LogP contribution in [0.4, 0.5) is 5.95 Å². The van der Waals surface area contributed by atoms with Crippen molar-refractivity contribution in [3.8, 4) is 0 Å². The number of hydrogen-bond acceptors (Lipinski definition) is 4. The van der Waals surface area contributed by atoms with Gasteiger partial charge in [0.25, 0.3) is 0 Å². The third-order valence-corrected chi connectivity index (χ3v) is 5.99. The van der Waals surface area contributed by atoms with E-state index in [2.05, 4.69) is 51.7 Å². The first-order valence-corrected chi connectivity index (χ1v) is 10.4. The summed E-state index contributed by atoms with van der Waals surface area (Å²) in [7, 11) is 0. The number of anilines is 1. The Balaban J connectivity index is 1.32. The lowest BCUT2D eigenvalue weighted by molar-refractivity contribution is -0.138. The Kier molecular flexibility index (Phi) is 5.34. The van der Waals surface area contributed by atoms with E-state index in [0.29, 0.717) is 5.91 Å². The highest BCUT2D eigenvalue weighted by atomic mass is 16.2. The van der Waals surface area contributed by atoms with Crippen molar-refractivity contribution in [1.82, 2.24) is 19.8 Å². The molecule has 1 N–H and O–H groups in total. The molecule has 0 unspecified atom stereocenters. The van der Waals surface area contributed by atoms with Gasteiger partial charge in [-0.05, 0) is 50.4 Å². The minimum absolute atomic E-state index is 0.172. The highest BCUT2D eigenvalue weighted by molar-refractivity contribution is 5.80. The molecule has 2 fully saturated rings. The molecule has 1 aromatic heterocycles. The van der Waals surface area contributed by atoms with Crippen molar-refractivity contribution < 1.29 is 4.79 Å². The first-order chi connectivity index (χ1) is 13.1. The molecule has 3 heterocycles. The molecule has 0 radical (unpaired) electrons. The number of hydrogen-bond donors (Lipinski definition) is 1. The largest absolute Gasteiger partial charge is 0.342 e. The van der Waals surface area contributed by atoms with E-state index in [1.54, 1.807) is 0 Å². The van der Waals surface area contributed by atoms with Gasteiger partial charge in [0.15, 0.2) is 0 Å². The van der Waals surface area contributed by atoms with E-state index in [9.17, 15) is 4.79 Å². The lowest BCUT2D eigenvalue weighted by Gasteiger charge is -2.38. The van der Waals surface area contributed by atoms with Crippen molar-refractivity contribution in [3.63, 3.8) is 0 Å². The summed E-state index contributed by atoms with van der Waals surface area (Å²) in [5.74, 6) is 1.48. The van der Waals surface area contributed by atoms with Crippen LogP contribution in [-0.4, -0.2) is 71.5 Å². The van der Waals surface area contributed by atoms with Crippen molar-refractivity contribution in [2.75, 3.05) is 50.7 Å². The first kappa shape index (κ1) is 18.3. The van der Waals surface area contributed by atoms with Gasteiger partial charge in [-0.1, -0.05) is 13.0 Å². The van der Waals surface area contributed by atoms with Gasteiger partial charge in [-0.25, -0.2) is 4.98 Å². The summed E-state index contributed by atoms with van der Waals surface area (Å²) in [6.07, 6.45) is 3.03. The minimum Gasteiger partial charge on any atom is -0.342 e. The minimum atomic E-state index is 0.172. The normalized spacial score (nSPS) is 19.8. The SMILES string of the molecule is CCCN1CCN(C(=O)C2CCN(c3nc4ccc(C)cc4[nH]3)CC2)CC1. The van der Waals surface area contributed by atoms with E-state index in [-0.39, 0.29) is 5.92 Å². The molecule has 6 heteroatoms. The van der Waals surface area contributed by atoms with Gasteiger partial charge in [-0.3, -0.25) is 9.69 Å². The number of aryl methyl sites for hydroxylation is 1. The van der Waals surface area contributed by atoms with Crippen LogP contribution in [0.1, 0.15) is 31.7 Å². The Labute approximate surface area is 161 Å². The zero-order valence-corrected chi connectivity index (χ0v) is 16.6. The third-order valence-electron chi connectivity index (χ3n) is 5.99. The highest BCUT2D eigenvalue weighted by Crippen LogP contribution is 2.25. The second-order valence-corrected chi connectivity index (χ2v) is 8.01. The number of nitrogens with one attached hydrogen (secondary N) is 1. The highest BCUT2D eigenvalue weighted by Gasteiger charge is 2.31. The van der Waals surface area contributed by atoms with E-state index < -0.39 is 0 Å². The zero-order chi connectivity index (χ0) is 18.8. The summed E-state index contributed by atoms with van der Waals surface area (Å²) in [6, 6.07) is 6.30. The Morgan fingerprint density at radius 2 is 1.89 bits per heavy atom. The van der Waals surface area contributed by atoms with Crippen LogP contribution in [0, 0.1) is 12.8 Å². The Morgan fingerprint density at radius 3 is 2.59 bits per heavy atom. The Morgan fingerprint density at radius 1 is 1.15 bits per heavy atom. The molecule has 0 saturated carbocycles. The van der Waals surface area contributed by atoms with E-state index in [4.69, 9.17) is 4.98 Å². The van der Waals surface area contributed by atoms with Crippen molar-refractivity contribution in [1.29, 1.82) is 0 Å². The molecule has 0 aliphatic carbocycles. The van der Waals surface area contributed by atoms with Crippen molar-refractivity contribution >= 4 is 22.9 Å². The van der Waals surface area contributed by atoms with Crippen LogP contribution in [0.15, 0.2) is 18.2 Å². The molecule has 4 rings (SSSR count). The molecule has 146 valence electrons. The van der Waals surface area contributed by atoms with E-state index in [1.165, 1.54) is 12.0 Å². The van der Waals surface area contributed by atoms with E-state index in [1.807, 2.05) is 0 Å². The van der Waals surface area contributed by atoms with Crippen LogP contribution in [0.3, 0.4) is 0 Å². The quantitative estimate of drug-likeness (QED) is 0.900. The fourth-order valence-corrected chi connectivity index (χ4v) is 4.36. The number of H-pyrrole nitrogens is 1. The number of carbonyl (C=O) groups is 1. The number of carbonyl (C=O) groups excluding carboxylic acids is 1. The fourth-order valence-electron chi connectivity index (χ4n) is 4.36. The smallest absolute Gasteiger partial charge is 0.225 e. The van der Waals surface area contributed by atoms with Gasteiger partial charge < -0.3 is 14.8 Å². The topological polar surface area (TPSA) is 55.5 Å². The van der Waals surface area contributed by atoms with Gasteiger partial charge >= 0.3 is 0 Å². The number of aromatic nitrogens is 2. The van der Waals surface area contributed by atoms with Gasteiger partial charge in [0.05, 0.1) is 11.0 Å². The molecule has 1 aromatic carbocycles. The predicted molar refractivity (Wildman–Crippen MR) is 109 cm³/mol. The van der Waals surface area contributed by atoms with Gasteiger partial charge in [0.2, 0.25) is 11.9 Å². The van der Waals surface area contributed by atoms with Crippen LogP contribution >= 0.6 is 0 Å². The average Bonchev–Trinajstić information content (AvgIpc) is 3.11. The lowest BCUT2D eigenvalue weighted by Crippen LogP contribution is -2.51. The van der Waals surface area contributed by atoms with Crippen LogP contribution in [0.5, 0.6) is 0 Å². The molecule has 27 heavy (non-hydrogen) atoms. The van der Waals surface area contributed by atoms with Crippen LogP contribution in [-0.2, 0) is 4.79 Å². The van der Waals surface area contributed by atoms with Crippen LogP contribution < -0.4 is 4.90 Å². The second-order valence-electron chi connectivity index (χ2n) is 8.01. The third kappa shape index (κ3) is 3.95. The molecule has 2 aliphatic heterocycles. The summed E-state index contributed by atoms with van der Waals surface area (Å²) < 4.78 is 0. The number of rotatable bonds is 4. The van der Waals surface area contributed by atoms with Gasteiger partial charge in [0.1, 0.15) is 0 Å². The summed E-state index contributed by atoms with van der Waals surface area (Å²) in [5, 5.41) is 0. The van der Waals surface area contributed by atoms with Gasteiger partial charge in [0, 0.05) is 45.2 Å². The number of fused-ring (bicyclic) bond motifs is 1. The Hall–Kier alpha value is -2.08. The number of imidazole rings is 1. The van der Waals surface area contributed by atoms with Crippen molar-refractivity contribution in [3.05, 3.63) is 23.8 Å². The zero-order valence-electron chi connectivity index (χ0n) is 16.6. The molecule has 2 aromatic rings. The molecule has 1 amide bonds. The van der Waals surface area contributed by atoms with Gasteiger partial charge in [-0.15, -0.1) is 0 Å². The number of amides is 1. The number of piperazine rings is 1. The van der Waals surface area contributed by atoms with Crippen LogP contribution in [0.25, 0.3) is 11.0 Å². The molecule has 6 nitrogen and oxygen atoms in total. The van der Waals surface area contributed by atoms with Crippen molar-refractivity contribution in [2.45, 2.75) is 33.1 Å². The number of aromatic amines is 1. The fraction of sp³-hybridized carbons (Fsp3) is 0.619. The van der Waals surface area contributed by atoms with Crippen molar-refractivity contribution in [2.24, 2.45) is 5.92 Å². The molecule has 0 bridgehead atoms.